The van der Waals surface area contributed by atoms with Crippen LogP contribution in [0.5, 0.6) is 0 Å². The Bertz CT molecular complexity index is 1220. The van der Waals surface area contributed by atoms with Crippen LogP contribution >= 0.6 is 0 Å². The Labute approximate surface area is 200 Å². The molecule has 0 bridgehead atoms. The molecule has 3 aromatic rings. The monoisotopic (exact) mass is 496 g/mol. The van der Waals surface area contributed by atoms with Gasteiger partial charge in [-0.1, -0.05) is 33.8 Å². The van der Waals surface area contributed by atoms with Gasteiger partial charge >= 0.3 is 0 Å². The average molecular weight is 497 g/mol. The van der Waals surface area contributed by atoms with Crippen molar-refractivity contribution in [2.75, 3.05) is 0 Å². The molecule has 188 valence electrons. The molecule has 0 aliphatic rings. The van der Waals surface area contributed by atoms with E-state index in [1.807, 2.05) is 0 Å². The Morgan fingerprint density at radius 2 is 1.20 bits per heavy atom. The van der Waals surface area contributed by atoms with Gasteiger partial charge in [0.2, 0.25) is 0 Å². The summed E-state index contributed by atoms with van der Waals surface area (Å²) in [4.78, 5) is 0. The van der Waals surface area contributed by atoms with Gasteiger partial charge in [0.05, 0.1) is 0 Å². The van der Waals surface area contributed by atoms with Crippen LogP contribution in [0.15, 0.2) is 36.4 Å². The maximum absolute atomic E-state index is 14.6. The third kappa shape index (κ3) is 6.06. The fourth-order valence-corrected chi connectivity index (χ4v) is 4.29. The fourth-order valence-electron chi connectivity index (χ4n) is 4.29. The molecular formula is C28H27F7. The molecule has 0 amide bonds. The first-order valence-electron chi connectivity index (χ1n) is 11.5. The standard InChI is InChI=1S/C28H27F7/c1-14(2)20-8-17(9-25(32)27(20)34)6-5-15(3)21-10-18(23(30)13-24(21)31)7-16(4)22-11-19(29)12-26(33)28(22)35/h8-16H,5-7H2,1-4H3. The molecule has 0 nitrogen and oxygen atoms in total. The fraction of sp³-hybridized carbons (Fsp3) is 0.357. The van der Waals surface area contributed by atoms with Crippen LogP contribution in [-0.4, -0.2) is 0 Å². The van der Waals surface area contributed by atoms with Crippen molar-refractivity contribution in [1.82, 2.24) is 0 Å². The Kier molecular flexibility index (Phi) is 8.29. The third-order valence-corrected chi connectivity index (χ3v) is 6.38. The van der Waals surface area contributed by atoms with Gasteiger partial charge in [-0.25, -0.2) is 30.7 Å². The van der Waals surface area contributed by atoms with E-state index in [0.717, 1.165) is 18.2 Å². The Morgan fingerprint density at radius 1 is 0.571 bits per heavy atom. The number of hydrogen-bond donors (Lipinski definition) is 0. The molecule has 0 aliphatic carbocycles. The molecule has 0 fully saturated rings. The Balaban J connectivity index is 1.81. The highest BCUT2D eigenvalue weighted by Crippen LogP contribution is 2.31. The van der Waals surface area contributed by atoms with Gasteiger partial charge in [-0.2, -0.15) is 0 Å². The summed E-state index contributed by atoms with van der Waals surface area (Å²) in [7, 11) is 0. The molecule has 0 radical (unpaired) electrons. The topological polar surface area (TPSA) is 0 Å². The quantitative estimate of drug-likeness (QED) is 0.216. The van der Waals surface area contributed by atoms with Crippen molar-refractivity contribution in [2.24, 2.45) is 0 Å². The maximum atomic E-state index is 14.6. The lowest BCUT2D eigenvalue weighted by atomic mass is 9.88. The summed E-state index contributed by atoms with van der Waals surface area (Å²) in [6.45, 7) is 6.74. The van der Waals surface area contributed by atoms with E-state index < -0.39 is 52.6 Å². The average Bonchev–Trinajstić information content (AvgIpc) is 2.78. The number of halogens is 7. The molecule has 0 spiro atoms. The highest BCUT2D eigenvalue weighted by Gasteiger charge is 2.21. The van der Waals surface area contributed by atoms with Gasteiger partial charge in [-0.15, -0.1) is 0 Å². The van der Waals surface area contributed by atoms with Gasteiger partial charge in [0, 0.05) is 12.1 Å². The zero-order valence-corrected chi connectivity index (χ0v) is 20.0. The van der Waals surface area contributed by atoms with E-state index in [-0.39, 0.29) is 34.6 Å². The summed E-state index contributed by atoms with van der Waals surface area (Å²) in [5.41, 5.74) is 0.892. The van der Waals surface area contributed by atoms with Gasteiger partial charge < -0.3 is 0 Å². The molecule has 0 saturated heterocycles. The SMILES string of the molecule is CC(C)c1cc(CCC(C)c2cc(CC(C)c3cc(F)cc(F)c3F)c(F)cc2F)cc(F)c1F. The minimum Gasteiger partial charge on any atom is -0.207 e. The lowest BCUT2D eigenvalue weighted by molar-refractivity contribution is 0.474. The summed E-state index contributed by atoms with van der Waals surface area (Å²) < 4.78 is 98.5. The van der Waals surface area contributed by atoms with Gasteiger partial charge in [0.25, 0.3) is 0 Å². The van der Waals surface area contributed by atoms with Crippen molar-refractivity contribution in [3.8, 4) is 0 Å². The third-order valence-electron chi connectivity index (χ3n) is 6.38. The lowest BCUT2D eigenvalue weighted by Gasteiger charge is -2.18. The van der Waals surface area contributed by atoms with Crippen molar-refractivity contribution in [3.05, 3.63) is 105 Å². The van der Waals surface area contributed by atoms with Crippen molar-refractivity contribution in [2.45, 2.75) is 64.7 Å². The van der Waals surface area contributed by atoms with Crippen molar-refractivity contribution in [3.63, 3.8) is 0 Å². The van der Waals surface area contributed by atoms with Crippen LogP contribution in [0.2, 0.25) is 0 Å². The van der Waals surface area contributed by atoms with E-state index in [0.29, 0.717) is 24.5 Å². The first kappa shape index (κ1) is 26.8. The number of hydrogen-bond acceptors (Lipinski definition) is 0. The molecule has 3 aromatic carbocycles. The number of benzene rings is 3. The lowest BCUT2D eigenvalue weighted by Crippen LogP contribution is -2.08. The Morgan fingerprint density at radius 3 is 1.86 bits per heavy atom. The predicted octanol–water partition coefficient (Wildman–Crippen LogP) is 8.87. The largest absolute Gasteiger partial charge is 0.207 e. The van der Waals surface area contributed by atoms with Crippen LogP contribution in [0.4, 0.5) is 30.7 Å². The molecule has 0 N–H and O–H groups in total. The molecule has 0 aromatic heterocycles. The van der Waals surface area contributed by atoms with Gasteiger partial charge in [-0.3, -0.25) is 0 Å². The van der Waals surface area contributed by atoms with Crippen molar-refractivity contribution in [1.29, 1.82) is 0 Å². The van der Waals surface area contributed by atoms with Crippen LogP contribution in [0.3, 0.4) is 0 Å². The van der Waals surface area contributed by atoms with Crippen molar-refractivity contribution < 1.29 is 30.7 Å². The van der Waals surface area contributed by atoms with Crippen LogP contribution in [0.25, 0.3) is 0 Å². The Hall–Kier alpha value is -2.83. The van der Waals surface area contributed by atoms with E-state index in [1.165, 1.54) is 13.0 Å². The smallest absolute Gasteiger partial charge is 0.162 e. The van der Waals surface area contributed by atoms with E-state index in [1.54, 1.807) is 26.8 Å². The molecule has 3 rings (SSSR count). The molecule has 2 unspecified atom stereocenters. The number of rotatable bonds is 8. The maximum Gasteiger partial charge on any atom is 0.162 e. The second kappa shape index (κ2) is 10.8. The predicted molar refractivity (Wildman–Crippen MR) is 122 cm³/mol. The second-order valence-corrected chi connectivity index (χ2v) is 9.44. The number of aryl methyl sites for hydroxylation is 1. The zero-order valence-electron chi connectivity index (χ0n) is 20.0. The summed E-state index contributed by atoms with van der Waals surface area (Å²) in [6.07, 6.45) is 0.616. The van der Waals surface area contributed by atoms with Crippen LogP contribution in [-0.2, 0) is 12.8 Å². The minimum atomic E-state index is -1.33. The molecule has 7 heteroatoms. The summed E-state index contributed by atoms with van der Waals surface area (Å²) in [5.74, 6) is -8.30. The van der Waals surface area contributed by atoms with Gasteiger partial charge in [-0.05, 0) is 83.0 Å². The summed E-state index contributed by atoms with van der Waals surface area (Å²) >= 11 is 0. The molecule has 0 heterocycles. The van der Waals surface area contributed by atoms with E-state index >= 15 is 0 Å². The first-order chi connectivity index (χ1) is 16.4. The molecule has 0 saturated carbocycles. The van der Waals surface area contributed by atoms with Crippen LogP contribution < -0.4 is 0 Å². The normalized spacial score (nSPS) is 13.4. The molecule has 2 atom stereocenters. The summed E-state index contributed by atoms with van der Waals surface area (Å²) in [6, 6.07) is 6.09. The van der Waals surface area contributed by atoms with E-state index in [4.69, 9.17) is 0 Å². The highest BCUT2D eigenvalue weighted by molar-refractivity contribution is 5.33. The second-order valence-electron chi connectivity index (χ2n) is 9.44. The van der Waals surface area contributed by atoms with Crippen molar-refractivity contribution >= 4 is 0 Å². The highest BCUT2D eigenvalue weighted by atomic mass is 19.2. The molecular weight excluding hydrogens is 469 g/mol. The van der Waals surface area contributed by atoms with Gasteiger partial charge in [0.15, 0.2) is 23.3 Å². The summed E-state index contributed by atoms with van der Waals surface area (Å²) in [5, 5.41) is 0. The zero-order chi connectivity index (χ0) is 26.0. The minimum absolute atomic E-state index is 0.0831. The van der Waals surface area contributed by atoms with Crippen LogP contribution in [0.1, 0.15) is 79.7 Å². The first-order valence-corrected chi connectivity index (χ1v) is 11.5. The van der Waals surface area contributed by atoms with Gasteiger partial charge in [0.1, 0.15) is 17.5 Å². The molecule has 35 heavy (non-hydrogen) atoms. The van der Waals surface area contributed by atoms with E-state index in [9.17, 15) is 30.7 Å². The van der Waals surface area contributed by atoms with Crippen LogP contribution in [0, 0.1) is 40.7 Å². The molecule has 0 aliphatic heterocycles. The van der Waals surface area contributed by atoms with E-state index in [2.05, 4.69) is 0 Å².